The Bertz CT molecular complexity index is 1020. The molecule has 0 aliphatic rings. The lowest BCUT2D eigenvalue weighted by molar-refractivity contribution is 0.354. The summed E-state index contributed by atoms with van der Waals surface area (Å²) in [5.74, 6) is 1.78. The first-order valence-corrected chi connectivity index (χ1v) is 9.58. The zero-order chi connectivity index (χ0) is 19.3. The minimum absolute atomic E-state index is 0.0506. The standard InChI is InChI=1S/C20H19NO5S/c1-24-19-13-12-16(14-20(19)25-2)27(22,23)21-17-10-6-7-11-18(17)26-15-8-4-3-5-9-15/h3-14,21H,1-2H3. The smallest absolute Gasteiger partial charge is 0.262 e. The molecular formula is C20H19NO5S. The second-order valence-corrected chi connectivity index (χ2v) is 7.22. The third kappa shape index (κ3) is 4.32. The molecule has 3 rings (SSSR count). The molecule has 0 bridgehead atoms. The van der Waals surface area contributed by atoms with Gasteiger partial charge in [-0.25, -0.2) is 8.42 Å². The molecule has 7 heteroatoms. The molecule has 0 saturated carbocycles. The van der Waals surface area contributed by atoms with Crippen molar-refractivity contribution >= 4 is 15.7 Å². The predicted octanol–water partition coefficient (Wildman–Crippen LogP) is 4.30. The Balaban J connectivity index is 1.90. The highest BCUT2D eigenvalue weighted by atomic mass is 32.2. The molecule has 1 N–H and O–H groups in total. The summed E-state index contributed by atoms with van der Waals surface area (Å²) in [5.41, 5.74) is 0.330. The van der Waals surface area contributed by atoms with Crippen molar-refractivity contribution in [3.63, 3.8) is 0 Å². The molecule has 3 aromatic rings. The zero-order valence-electron chi connectivity index (χ0n) is 14.9. The predicted molar refractivity (Wildman–Crippen MR) is 103 cm³/mol. The van der Waals surface area contributed by atoms with Gasteiger partial charge in [0.15, 0.2) is 17.2 Å². The summed E-state index contributed by atoms with van der Waals surface area (Å²) in [6.07, 6.45) is 0. The van der Waals surface area contributed by atoms with Gasteiger partial charge in [-0.05, 0) is 36.4 Å². The summed E-state index contributed by atoms with van der Waals surface area (Å²) in [4.78, 5) is 0.0506. The Kier molecular flexibility index (Phi) is 5.52. The highest BCUT2D eigenvalue weighted by Gasteiger charge is 2.19. The average Bonchev–Trinajstić information content (AvgIpc) is 2.69. The Hall–Kier alpha value is -3.19. The number of methoxy groups -OCH3 is 2. The van der Waals surface area contributed by atoms with Crippen molar-refractivity contribution in [3.05, 3.63) is 72.8 Å². The van der Waals surface area contributed by atoms with Gasteiger partial charge in [0.25, 0.3) is 10.0 Å². The Morgan fingerprint density at radius 3 is 2.11 bits per heavy atom. The molecule has 0 spiro atoms. The number of rotatable bonds is 7. The topological polar surface area (TPSA) is 73.9 Å². The maximum Gasteiger partial charge on any atom is 0.262 e. The van der Waals surface area contributed by atoms with E-state index in [-0.39, 0.29) is 4.90 Å². The van der Waals surface area contributed by atoms with E-state index in [0.29, 0.717) is 28.7 Å². The number of hydrogen-bond acceptors (Lipinski definition) is 5. The van der Waals surface area contributed by atoms with Crippen LogP contribution in [-0.2, 0) is 10.0 Å². The van der Waals surface area contributed by atoms with Crippen LogP contribution in [0.3, 0.4) is 0 Å². The lowest BCUT2D eigenvalue weighted by atomic mass is 10.3. The summed E-state index contributed by atoms with van der Waals surface area (Å²) in [6, 6.07) is 20.4. The fraction of sp³-hybridized carbons (Fsp3) is 0.100. The van der Waals surface area contributed by atoms with Crippen LogP contribution >= 0.6 is 0 Å². The maximum atomic E-state index is 12.8. The molecule has 0 radical (unpaired) electrons. The molecule has 0 aliphatic carbocycles. The van der Waals surface area contributed by atoms with E-state index >= 15 is 0 Å². The number of ether oxygens (including phenoxy) is 3. The number of para-hydroxylation sites is 3. The van der Waals surface area contributed by atoms with Crippen LogP contribution in [0.1, 0.15) is 0 Å². The molecule has 0 amide bonds. The summed E-state index contributed by atoms with van der Waals surface area (Å²) >= 11 is 0. The van der Waals surface area contributed by atoms with Gasteiger partial charge in [0.1, 0.15) is 5.75 Å². The summed E-state index contributed by atoms with van der Waals surface area (Å²) in [6.45, 7) is 0. The minimum Gasteiger partial charge on any atom is -0.493 e. The second kappa shape index (κ2) is 8.01. The molecule has 27 heavy (non-hydrogen) atoms. The molecule has 0 saturated heterocycles. The van der Waals surface area contributed by atoms with E-state index in [2.05, 4.69) is 4.72 Å². The van der Waals surface area contributed by atoms with Gasteiger partial charge in [-0.3, -0.25) is 4.72 Å². The Morgan fingerprint density at radius 1 is 0.741 bits per heavy atom. The molecule has 0 aromatic heterocycles. The summed E-state index contributed by atoms with van der Waals surface area (Å²) in [5, 5.41) is 0. The van der Waals surface area contributed by atoms with Crippen molar-refractivity contribution in [2.75, 3.05) is 18.9 Å². The Labute approximate surface area is 158 Å². The number of nitrogens with one attached hydrogen (secondary N) is 1. The number of hydrogen-bond donors (Lipinski definition) is 1. The monoisotopic (exact) mass is 385 g/mol. The van der Waals surface area contributed by atoms with E-state index in [1.54, 1.807) is 42.5 Å². The van der Waals surface area contributed by atoms with Gasteiger partial charge in [-0.1, -0.05) is 30.3 Å². The first kappa shape index (κ1) is 18.6. The van der Waals surface area contributed by atoms with Crippen molar-refractivity contribution in [2.45, 2.75) is 4.90 Å². The minimum atomic E-state index is -3.85. The lowest BCUT2D eigenvalue weighted by Gasteiger charge is -2.14. The molecule has 140 valence electrons. The van der Waals surface area contributed by atoms with Crippen LogP contribution in [0.15, 0.2) is 77.7 Å². The van der Waals surface area contributed by atoms with E-state index in [9.17, 15) is 8.42 Å². The van der Waals surface area contributed by atoms with E-state index < -0.39 is 10.0 Å². The lowest BCUT2D eigenvalue weighted by Crippen LogP contribution is -2.13. The van der Waals surface area contributed by atoms with Crippen LogP contribution in [0.2, 0.25) is 0 Å². The summed E-state index contributed by atoms with van der Waals surface area (Å²) < 4.78 is 44.3. The quantitative estimate of drug-likeness (QED) is 0.656. The van der Waals surface area contributed by atoms with Crippen LogP contribution in [0.5, 0.6) is 23.0 Å². The average molecular weight is 385 g/mol. The third-order valence-electron chi connectivity index (χ3n) is 3.77. The van der Waals surface area contributed by atoms with Crippen molar-refractivity contribution in [2.24, 2.45) is 0 Å². The zero-order valence-corrected chi connectivity index (χ0v) is 15.7. The highest BCUT2D eigenvalue weighted by Crippen LogP contribution is 2.33. The fourth-order valence-corrected chi connectivity index (χ4v) is 3.53. The SMILES string of the molecule is COc1ccc(S(=O)(=O)Nc2ccccc2Oc2ccccc2)cc1OC. The van der Waals surface area contributed by atoms with Crippen LogP contribution in [0, 0.1) is 0 Å². The first-order chi connectivity index (χ1) is 13.0. The second-order valence-electron chi connectivity index (χ2n) is 5.53. The van der Waals surface area contributed by atoms with E-state index in [1.807, 2.05) is 18.2 Å². The van der Waals surface area contributed by atoms with Crippen LogP contribution < -0.4 is 18.9 Å². The van der Waals surface area contributed by atoms with Crippen molar-refractivity contribution in [3.8, 4) is 23.0 Å². The largest absolute Gasteiger partial charge is 0.493 e. The van der Waals surface area contributed by atoms with Gasteiger partial charge in [0, 0.05) is 6.07 Å². The number of sulfonamides is 1. The molecular weight excluding hydrogens is 366 g/mol. The first-order valence-electron chi connectivity index (χ1n) is 8.10. The molecule has 0 unspecified atom stereocenters. The molecule has 0 fully saturated rings. The van der Waals surface area contributed by atoms with Crippen LogP contribution in [0.25, 0.3) is 0 Å². The van der Waals surface area contributed by atoms with Gasteiger partial charge in [0.05, 0.1) is 24.8 Å². The fourth-order valence-electron chi connectivity index (χ4n) is 2.44. The van der Waals surface area contributed by atoms with Gasteiger partial charge in [-0.15, -0.1) is 0 Å². The van der Waals surface area contributed by atoms with Gasteiger partial charge in [0.2, 0.25) is 0 Å². The van der Waals surface area contributed by atoms with E-state index in [4.69, 9.17) is 14.2 Å². The number of anilines is 1. The van der Waals surface area contributed by atoms with Gasteiger partial charge in [-0.2, -0.15) is 0 Å². The van der Waals surface area contributed by atoms with E-state index in [1.165, 1.54) is 26.4 Å². The number of benzene rings is 3. The molecule has 0 aliphatic heterocycles. The summed E-state index contributed by atoms with van der Waals surface area (Å²) in [7, 11) is -0.915. The van der Waals surface area contributed by atoms with Gasteiger partial charge < -0.3 is 14.2 Å². The van der Waals surface area contributed by atoms with Crippen molar-refractivity contribution < 1.29 is 22.6 Å². The third-order valence-corrected chi connectivity index (χ3v) is 5.13. The van der Waals surface area contributed by atoms with Crippen molar-refractivity contribution in [1.29, 1.82) is 0 Å². The molecule has 0 atom stereocenters. The normalized spacial score (nSPS) is 10.9. The Morgan fingerprint density at radius 2 is 1.41 bits per heavy atom. The maximum absolute atomic E-state index is 12.8. The highest BCUT2D eigenvalue weighted by molar-refractivity contribution is 7.92. The molecule has 3 aromatic carbocycles. The molecule has 6 nitrogen and oxygen atoms in total. The molecule has 0 heterocycles. The van der Waals surface area contributed by atoms with Crippen LogP contribution in [-0.4, -0.2) is 22.6 Å². The van der Waals surface area contributed by atoms with E-state index in [0.717, 1.165) is 0 Å². The van der Waals surface area contributed by atoms with Crippen molar-refractivity contribution in [1.82, 2.24) is 0 Å². The van der Waals surface area contributed by atoms with Crippen LogP contribution in [0.4, 0.5) is 5.69 Å². The van der Waals surface area contributed by atoms with Gasteiger partial charge >= 0.3 is 0 Å².